The molecule has 0 unspecified atom stereocenters. The van der Waals surface area contributed by atoms with Crippen molar-refractivity contribution in [2.45, 2.75) is 5.60 Å². The standard InChI is InChI=1S/C28H21N3O6/c32-26(21-13-15-24(16-14-21)31(35)36)37-25-17-11-20(12-18-25)19-29-30-27(33)28(34,22-7-3-1-4-8-22)23-9-5-2-6-10-23/h1-19,34H,(H,30,33)/b29-19+. The van der Waals surface area contributed by atoms with Gasteiger partial charge in [0, 0.05) is 12.1 Å². The predicted molar refractivity (Wildman–Crippen MR) is 136 cm³/mol. The van der Waals surface area contributed by atoms with Crippen molar-refractivity contribution in [3.8, 4) is 5.75 Å². The summed E-state index contributed by atoms with van der Waals surface area (Å²) in [6.45, 7) is 0. The third-order valence-electron chi connectivity index (χ3n) is 5.50. The first-order valence-corrected chi connectivity index (χ1v) is 11.1. The van der Waals surface area contributed by atoms with Gasteiger partial charge in [-0.2, -0.15) is 5.10 Å². The lowest BCUT2D eigenvalue weighted by molar-refractivity contribution is -0.384. The second-order valence-electron chi connectivity index (χ2n) is 7.90. The zero-order chi connectivity index (χ0) is 26.3. The van der Waals surface area contributed by atoms with Crippen LogP contribution in [0.15, 0.2) is 114 Å². The lowest BCUT2D eigenvalue weighted by Crippen LogP contribution is -2.43. The lowest BCUT2D eigenvalue weighted by atomic mass is 9.85. The van der Waals surface area contributed by atoms with Crippen LogP contribution in [0.25, 0.3) is 0 Å². The van der Waals surface area contributed by atoms with Crippen LogP contribution < -0.4 is 10.2 Å². The third-order valence-corrected chi connectivity index (χ3v) is 5.50. The zero-order valence-corrected chi connectivity index (χ0v) is 19.4. The molecule has 4 rings (SSSR count). The fraction of sp³-hybridized carbons (Fsp3) is 0.0357. The topological polar surface area (TPSA) is 131 Å². The summed E-state index contributed by atoms with van der Waals surface area (Å²) >= 11 is 0. The molecule has 2 N–H and O–H groups in total. The number of rotatable bonds is 8. The number of hydrogen-bond donors (Lipinski definition) is 2. The molecule has 37 heavy (non-hydrogen) atoms. The van der Waals surface area contributed by atoms with Crippen molar-refractivity contribution in [2.24, 2.45) is 5.10 Å². The summed E-state index contributed by atoms with van der Waals surface area (Å²) in [5, 5.41) is 26.1. The molecule has 0 aliphatic rings. The van der Waals surface area contributed by atoms with Crippen LogP contribution in [-0.2, 0) is 10.4 Å². The number of amides is 1. The molecule has 0 heterocycles. The molecule has 0 bridgehead atoms. The second kappa shape index (κ2) is 11.1. The van der Waals surface area contributed by atoms with Gasteiger partial charge in [-0.25, -0.2) is 10.2 Å². The minimum atomic E-state index is -1.95. The Morgan fingerprint density at radius 3 is 1.89 bits per heavy atom. The number of ether oxygens (including phenoxy) is 1. The number of non-ortho nitro benzene ring substituents is 1. The van der Waals surface area contributed by atoms with E-state index in [2.05, 4.69) is 10.5 Å². The first-order valence-electron chi connectivity index (χ1n) is 11.1. The molecule has 0 aliphatic heterocycles. The Hall–Kier alpha value is -5.15. The number of esters is 1. The van der Waals surface area contributed by atoms with E-state index < -0.39 is 22.4 Å². The molecule has 9 heteroatoms. The van der Waals surface area contributed by atoms with Crippen molar-refractivity contribution in [3.63, 3.8) is 0 Å². The van der Waals surface area contributed by atoms with Crippen molar-refractivity contribution >= 4 is 23.8 Å². The van der Waals surface area contributed by atoms with E-state index in [0.717, 1.165) is 0 Å². The molecule has 0 fully saturated rings. The number of aliphatic hydroxyl groups is 1. The Bertz CT molecular complexity index is 1380. The fourth-order valence-corrected chi connectivity index (χ4v) is 3.54. The Morgan fingerprint density at radius 2 is 1.38 bits per heavy atom. The first-order chi connectivity index (χ1) is 17.9. The monoisotopic (exact) mass is 495 g/mol. The average Bonchev–Trinajstić information content (AvgIpc) is 2.94. The molecule has 4 aromatic carbocycles. The molecule has 1 amide bonds. The number of nitrogens with one attached hydrogen (secondary N) is 1. The largest absolute Gasteiger partial charge is 0.423 e. The van der Waals surface area contributed by atoms with E-state index in [4.69, 9.17) is 4.74 Å². The van der Waals surface area contributed by atoms with E-state index in [1.54, 1.807) is 72.8 Å². The molecule has 184 valence electrons. The summed E-state index contributed by atoms with van der Waals surface area (Å²) in [4.78, 5) is 35.5. The number of hydrazone groups is 1. The van der Waals surface area contributed by atoms with Gasteiger partial charge in [-0.1, -0.05) is 60.7 Å². The molecule has 0 saturated heterocycles. The van der Waals surface area contributed by atoms with E-state index in [0.29, 0.717) is 16.7 Å². The SMILES string of the molecule is O=C(Oc1ccc(/C=N/NC(=O)C(O)(c2ccccc2)c2ccccc2)cc1)c1ccc([N+](=O)[O-])cc1. The Balaban J connectivity index is 1.42. The van der Waals surface area contributed by atoms with Crippen LogP contribution in [0.1, 0.15) is 27.0 Å². The lowest BCUT2D eigenvalue weighted by Gasteiger charge is -2.27. The highest BCUT2D eigenvalue weighted by atomic mass is 16.6. The molecular weight excluding hydrogens is 474 g/mol. The minimum Gasteiger partial charge on any atom is -0.423 e. The first kappa shape index (κ1) is 25.0. The van der Waals surface area contributed by atoms with Gasteiger partial charge in [0.2, 0.25) is 0 Å². The van der Waals surface area contributed by atoms with Gasteiger partial charge in [-0.3, -0.25) is 14.9 Å². The van der Waals surface area contributed by atoms with Gasteiger partial charge in [-0.15, -0.1) is 0 Å². The van der Waals surface area contributed by atoms with Gasteiger partial charge in [-0.05, 0) is 53.1 Å². The van der Waals surface area contributed by atoms with E-state index in [-0.39, 0.29) is 17.0 Å². The quantitative estimate of drug-likeness (QED) is 0.124. The van der Waals surface area contributed by atoms with Crippen LogP contribution in [0.5, 0.6) is 5.75 Å². The van der Waals surface area contributed by atoms with Crippen LogP contribution in [-0.4, -0.2) is 28.1 Å². The molecule has 9 nitrogen and oxygen atoms in total. The zero-order valence-electron chi connectivity index (χ0n) is 19.4. The number of benzene rings is 4. The van der Waals surface area contributed by atoms with Gasteiger partial charge < -0.3 is 9.84 Å². The minimum absolute atomic E-state index is 0.127. The van der Waals surface area contributed by atoms with E-state index in [1.165, 1.54) is 42.6 Å². The highest BCUT2D eigenvalue weighted by Gasteiger charge is 2.39. The summed E-state index contributed by atoms with van der Waals surface area (Å²) in [7, 11) is 0. The molecular formula is C28H21N3O6. The predicted octanol–water partition coefficient (Wildman–Crippen LogP) is 4.20. The van der Waals surface area contributed by atoms with Gasteiger partial charge in [0.15, 0.2) is 5.60 Å². The average molecular weight is 495 g/mol. The Kier molecular flexibility index (Phi) is 7.46. The van der Waals surface area contributed by atoms with Gasteiger partial charge in [0.25, 0.3) is 11.6 Å². The van der Waals surface area contributed by atoms with Crippen molar-refractivity contribution in [2.75, 3.05) is 0 Å². The summed E-state index contributed by atoms with van der Waals surface area (Å²) in [6.07, 6.45) is 1.39. The van der Waals surface area contributed by atoms with Gasteiger partial charge in [0.1, 0.15) is 5.75 Å². The van der Waals surface area contributed by atoms with E-state index in [1.807, 2.05) is 0 Å². The number of nitrogens with zero attached hydrogens (tertiary/aromatic N) is 2. The maximum Gasteiger partial charge on any atom is 0.343 e. The van der Waals surface area contributed by atoms with Crippen LogP contribution in [0.3, 0.4) is 0 Å². The van der Waals surface area contributed by atoms with Gasteiger partial charge in [0.05, 0.1) is 16.7 Å². The summed E-state index contributed by atoms with van der Waals surface area (Å²) in [5.41, 5.74) is 1.88. The van der Waals surface area contributed by atoms with E-state index >= 15 is 0 Å². The van der Waals surface area contributed by atoms with Crippen molar-refractivity contribution in [3.05, 3.63) is 142 Å². The molecule has 4 aromatic rings. The smallest absolute Gasteiger partial charge is 0.343 e. The summed E-state index contributed by atoms with van der Waals surface area (Å²) in [5.74, 6) is -1.13. The fourth-order valence-electron chi connectivity index (χ4n) is 3.54. The number of hydrogen-bond acceptors (Lipinski definition) is 7. The molecule has 0 saturated carbocycles. The van der Waals surface area contributed by atoms with Crippen LogP contribution in [0.4, 0.5) is 5.69 Å². The van der Waals surface area contributed by atoms with Crippen LogP contribution in [0, 0.1) is 10.1 Å². The highest BCUT2D eigenvalue weighted by Crippen LogP contribution is 2.29. The van der Waals surface area contributed by atoms with Crippen molar-refractivity contribution in [1.29, 1.82) is 0 Å². The molecule has 0 aliphatic carbocycles. The summed E-state index contributed by atoms with van der Waals surface area (Å²) < 4.78 is 5.29. The molecule has 0 spiro atoms. The highest BCUT2D eigenvalue weighted by molar-refractivity contribution is 5.92. The van der Waals surface area contributed by atoms with Crippen molar-refractivity contribution < 1.29 is 24.4 Å². The number of nitro groups is 1. The second-order valence-corrected chi connectivity index (χ2v) is 7.90. The Labute approximate surface area is 211 Å². The van der Waals surface area contributed by atoms with Crippen LogP contribution >= 0.6 is 0 Å². The van der Waals surface area contributed by atoms with E-state index in [9.17, 15) is 24.8 Å². The number of carbonyl (C=O) groups is 2. The third kappa shape index (κ3) is 5.75. The van der Waals surface area contributed by atoms with Gasteiger partial charge >= 0.3 is 5.97 Å². The normalized spacial score (nSPS) is 11.2. The Morgan fingerprint density at radius 1 is 0.838 bits per heavy atom. The maximum atomic E-state index is 13.1. The molecule has 0 aromatic heterocycles. The van der Waals surface area contributed by atoms with Crippen LogP contribution in [0.2, 0.25) is 0 Å². The number of nitro benzene ring substituents is 1. The number of carbonyl (C=O) groups excluding carboxylic acids is 2. The maximum absolute atomic E-state index is 13.1. The molecule has 0 atom stereocenters. The van der Waals surface area contributed by atoms with Crippen molar-refractivity contribution in [1.82, 2.24) is 5.43 Å². The summed E-state index contributed by atoms with van der Waals surface area (Å²) in [6, 6.07) is 28.5. The molecule has 0 radical (unpaired) electrons.